The van der Waals surface area contributed by atoms with E-state index in [-0.39, 0.29) is 22.6 Å². The highest BCUT2D eigenvalue weighted by Gasteiger charge is 2.75. The van der Waals surface area contributed by atoms with E-state index in [9.17, 15) is 30.8 Å². The van der Waals surface area contributed by atoms with Crippen LogP contribution in [-0.2, 0) is 27.5 Å². The van der Waals surface area contributed by atoms with Crippen molar-refractivity contribution in [2.75, 3.05) is 6.54 Å². The van der Waals surface area contributed by atoms with E-state index < -0.39 is 38.7 Å². The molecule has 2 aromatic carbocycles. The number of nitrogens with one attached hydrogen (secondary N) is 1. The zero-order chi connectivity index (χ0) is 29.3. The molecule has 0 aromatic heterocycles. The van der Waals surface area contributed by atoms with Gasteiger partial charge < -0.3 is 5.32 Å². The van der Waals surface area contributed by atoms with Crippen molar-refractivity contribution in [3.05, 3.63) is 65.5 Å². The topological polar surface area (TPSA) is 78.8 Å². The first-order valence-corrected chi connectivity index (χ1v) is 15.5. The molecule has 0 saturated heterocycles. The fourth-order valence-corrected chi connectivity index (χ4v) is 8.64. The number of benzene rings is 2. The average molecular weight is 592 g/mol. The van der Waals surface area contributed by atoms with Crippen molar-refractivity contribution in [2.45, 2.75) is 87.0 Å². The molecule has 2 bridgehead atoms. The summed E-state index contributed by atoms with van der Waals surface area (Å²) in [6, 6.07) is 9.03. The number of hydrogen-bond donors (Lipinski definition) is 1. The van der Waals surface area contributed by atoms with Crippen LogP contribution in [0, 0.1) is 17.2 Å². The zero-order valence-electron chi connectivity index (χ0n) is 22.8. The summed E-state index contributed by atoms with van der Waals surface area (Å²) >= 11 is 0. The van der Waals surface area contributed by atoms with E-state index >= 15 is 0 Å². The molecule has 1 atom stereocenters. The van der Waals surface area contributed by atoms with E-state index in [4.69, 9.17) is 4.99 Å². The van der Waals surface area contributed by atoms with Crippen LogP contribution in [0.25, 0.3) is 0 Å². The van der Waals surface area contributed by atoms with Crippen molar-refractivity contribution in [3.63, 3.8) is 0 Å². The number of ketones is 1. The van der Waals surface area contributed by atoms with Crippen LogP contribution >= 0.6 is 0 Å². The molecule has 6 nitrogen and oxygen atoms in total. The van der Waals surface area contributed by atoms with E-state index in [1.807, 2.05) is 6.92 Å². The van der Waals surface area contributed by atoms with Gasteiger partial charge in [-0.05, 0) is 80.5 Å². The van der Waals surface area contributed by atoms with Crippen molar-refractivity contribution < 1.29 is 30.8 Å². The quantitative estimate of drug-likeness (QED) is 0.351. The van der Waals surface area contributed by atoms with Gasteiger partial charge in [-0.25, -0.2) is 12.8 Å². The standard InChI is InChI=1S/C30H33F4N3O3S/c1-27(25(38)14-7-20-3-2-4-20)19-35-26(36-27)28-16-29(17-28,18-28)37(41(39,40)24-12-10-23(31)11-13-24)15-21-5-8-22(9-6-21)30(32,33)34/h5-6,8-13,20H,2-4,7,14-19H2,1H3,(H,35,36)/t27-,28?,29?/m1/s1. The maximum Gasteiger partial charge on any atom is 0.416 e. The zero-order valence-corrected chi connectivity index (χ0v) is 23.6. The van der Waals surface area contributed by atoms with Crippen LogP contribution in [0.1, 0.15) is 69.4 Å². The number of carbonyl (C=O) groups excluding carboxylic acids is 1. The minimum Gasteiger partial charge on any atom is -0.360 e. The van der Waals surface area contributed by atoms with Gasteiger partial charge in [0.25, 0.3) is 0 Å². The fraction of sp³-hybridized carbons (Fsp3) is 0.533. The van der Waals surface area contributed by atoms with Crippen LogP contribution in [0.5, 0.6) is 0 Å². The Morgan fingerprint density at radius 3 is 2.24 bits per heavy atom. The second kappa shape index (κ2) is 9.62. The highest BCUT2D eigenvalue weighted by Crippen LogP contribution is 2.71. The molecular formula is C30H33F4N3O3S. The van der Waals surface area contributed by atoms with Gasteiger partial charge >= 0.3 is 6.18 Å². The molecule has 2 aromatic rings. The van der Waals surface area contributed by atoms with E-state index in [0.29, 0.717) is 43.7 Å². The van der Waals surface area contributed by atoms with Gasteiger partial charge in [-0.1, -0.05) is 31.4 Å². The van der Waals surface area contributed by atoms with Crippen molar-refractivity contribution in [1.29, 1.82) is 0 Å². The molecular weight excluding hydrogens is 558 g/mol. The van der Waals surface area contributed by atoms with Crippen molar-refractivity contribution in [3.8, 4) is 0 Å². The molecule has 41 heavy (non-hydrogen) atoms. The van der Waals surface area contributed by atoms with Crippen molar-refractivity contribution >= 4 is 21.6 Å². The third kappa shape index (κ3) is 4.88. The Morgan fingerprint density at radius 2 is 1.68 bits per heavy atom. The Kier molecular flexibility index (Phi) is 6.65. The van der Waals surface area contributed by atoms with Crippen LogP contribution in [0.3, 0.4) is 0 Å². The molecule has 4 aliphatic carbocycles. The first-order chi connectivity index (χ1) is 19.2. The minimum atomic E-state index is -4.50. The number of amidine groups is 1. The van der Waals surface area contributed by atoms with Gasteiger partial charge in [0, 0.05) is 23.9 Å². The smallest absolute Gasteiger partial charge is 0.360 e. The number of rotatable bonds is 10. The molecule has 0 amide bonds. The van der Waals surface area contributed by atoms with Crippen molar-refractivity contribution in [2.24, 2.45) is 16.3 Å². The summed E-state index contributed by atoms with van der Waals surface area (Å²) in [5.41, 5.74) is -2.25. The average Bonchev–Trinajstić information content (AvgIpc) is 3.24. The number of aliphatic imine (C=N–C) groups is 1. The van der Waals surface area contributed by atoms with Crippen LogP contribution in [0.2, 0.25) is 0 Å². The SMILES string of the molecule is C[C@]1(C(=O)CCC2CCC2)CN=C(C23CC(N(Cc4ccc(C(F)(F)F)cc4)S(=O)(=O)c4ccc(F)cc4)(C2)C3)N1. The molecule has 1 aliphatic heterocycles. The summed E-state index contributed by atoms with van der Waals surface area (Å²) in [4.78, 5) is 17.7. The number of hydrogen-bond acceptors (Lipinski definition) is 5. The van der Waals surface area contributed by atoms with E-state index in [0.717, 1.165) is 36.5 Å². The van der Waals surface area contributed by atoms with Crippen LogP contribution in [-0.4, -0.2) is 42.0 Å². The first-order valence-electron chi connectivity index (χ1n) is 14.1. The van der Waals surface area contributed by atoms with Gasteiger partial charge in [-0.3, -0.25) is 9.79 Å². The summed E-state index contributed by atoms with van der Waals surface area (Å²) in [6.07, 6.45) is 1.99. The van der Waals surface area contributed by atoms with Crippen LogP contribution in [0.15, 0.2) is 58.4 Å². The molecule has 220 valence electrons. The highest BCUT2D eigenvalue weighted by molar-refractivity contribution is 7.89. The fourth-order valence-electron chi connectivity index (χ4n) is 6.88. The Labute approximate surface area is 237 Å². The van der Waals surface area contributed by atoms with E-state index in [1.165, 1.54) is 47.8 Å². The van der Waals surface area contributed by atoms with Crippen molar-refractivity contribution in [1.82, 2.24) is 9.62 Å². The Bertz CT molecular complexity index is 1460. The van der Waals surface area contributed by atoms with Crippen LogP contribution < -0.4 is 5.32 Å². The molecule has 5 aliphatic rings. The van der Waals surface area contributed by atoms with Gasteiger partial charge in [-0.2, -0.15) is 17.5 Å². The summed E-state index contributed by atoms with van der Waals surface area (Å²) in [5, 5.41) is 3.39. The van der Waals surface area contributed by atoms with Crippen LogP contribution in [0.4, 0.5) is 17.6 Å². The summed E-state index contributed by atoms with van der Waals surface area (Å²) in [5.74, 6) is 0.957. The Balaban J connectivity index is 1.19. The number of carbonyl (C=O) groups is 1. The lowest BCUT2D eigenvalue weighted by Crippen LogP contribution is -2.78. The molecule has 0 unspecified atom stereocenters. The Hall–Kier alpha value is -2.79. The van der Waals surface area contributed by atoms with Gasteiger partial charge in [0.05, 0.1) is 17.0 Å². The number of sulfonamides is 1. The van der Waals surface area contributed by atoms with Gasteiger partial charge in [0.15, 0.2) is 5.78 Å². The molecule has 0 spiro atoms. The lowest BCUT2D eigenvalue weighted by Gasteiger charge is -2.73. The molecule has 11 heteroatoms. The summed E-state index contributed by atoms with van der Waals surface area (Å²) < 4.78 is 81.9. The predicted octanol–water partition coefficient (Wildman–Crippen LogP) is 5.87. The maximum atomic E-state index is 13.8. The second-order valence-corrected chi connectivity index (χ2v) is 14.4. The Morgan fingerprint density at radius 1 is 1.05 bits per heavy atom. The highest BCUT2D eigenvalue weighted by atomic mass is 32.2. The molecule has 0 radical (unpaired) electrons. The van der Waals surface area contributed by atoms with Gasteiger partial charge in [0.2, 0.25) is 10.0 Å². The third-order valence-electron chi connectivity index (χ3n) is 9.61. The lowest BCUT2D eigenvalue weighted by atomic mass is 9.38. The predicted molar refractivity (Wildman–Crippen MR) is 145 cm³/mol. The molecule has 7 rings (SSSR count). The summed E-state index contributed by atoms with van der Waals surface area (Å²) in [7, 11) is -4.10. The number of nitrogens with zero attached hydrogens (tertiary/aromatic N) is 2. The number of halogens is 4. The number of alkyl halides is 3. The second-order valence-electron chi connectivity index (χ2n) is 12.6. The maximum absolute atomic E-state index is 13.8. The normalized spacial score (nSPS) is 29.3. The molecule has 4 fully saturated rings. The van der Waals surface area contributed by atoms with E-state index in [1.54, 1.807) is 0 Å². The minimum absolute atomic E-state index is 0.0782. The van der Waals surface area contributed by atoms with E-state index in [2.05, 4.69) is 5.32 Å². The molecule has 1 heterocycles. The molecule has 1 N–H and O–H groups in total. The first kappa shape index (κ1) is 28.3. The lowest BCUT2D eigenvalue weighted by molar-refractivity contribution is -0.151. The number of Topliss-reactive ketones (excluding diaryl/α,β-unsaturated/α-hetero) is 1. The van der Waals surface area contributed by atoms with Gasteiger partial charge in [0.1, 0.15) is 17.2 Å². The third-order valence-corrected chi connectivity index (χ3v) is 11.6. The summed E-state index contributed by atoms with van der Waals surface area (Å²) in [6.45, 7) is 2.11. The molecule has 4 saturated carbocycles. The largest absolute Gasteiger partial charge is 0.416 e. The van der Waals surface area contributed by atoms with Gasteiger partial charge in [-0.15, -0.1) is 0 Å². The monoisotopic (exact) mass is 591 g/mol.